The molecule has 0 bridgehead atoms. The van der Waals surface area contributed by atoms with Gasteiger partial charge in [-0.2, -0.15) is 0 Å². The molecule has 1 aliphatic rings. The van der Waals surface area contributed by atoms with E-state index in [0.29, 0.717) is 19.6 Å². The van der Waals surface area contributed by atoms with E-state index >= 15 is 0 Å². The number of hydrogen-bond donors (Lipinski definition) is 3. The largest absolute Gasteiger partial charge is 0.481 e. The molecule has 0 saturated carbocycles. The second kappa shape index (κ2) is 5.46. The minimum Gasteiger partial charge on any atom is -0.481 e. The molecule has 0 spiro atoms. The Morgan fingerprint density at radius 1 is 1.53 bits per heavy atom. The Hall–Kier alpha value is -1.14. The van der Waals surface area contributed by atoms with Gasteiger partial charge in [0.1, 0.15) is 0 Å². The van der Waals surface area contributed by atoms with Crippen LogP contribution in [0, 0.1) is 5.41 Å². The van der Waals surface area contributed by atoms with Gasteiger partial charge in [0.25, 0.3) is 0 Å². The lowest BCUT2D eigenvalue weighted by Crippen LogP contribution is -2.40. The molecule has 1 fully saturated rings. The number of aliphatic hydroxyl groups excluding tert-OH is 1. The molecule has 0 aromatic rings. The zero-order valence-electron chi connectivity index (χ0n) is 10.3. The molecule has 98 valence electrons. The average Bonchev–Trinajstić information content (AvgIpc) is 2.59. The maximum Gasteiger partial charge on any atom is 0.306 e. The van der Waals surface area contributed by atoms with E-state index < -0.39 is 17.5 Å². The first-order valence-electron chi connectivity index (χ1n) is 5.72. The molecule has 2 unspecified atom stereocenters. The van der Waals surface area contributed by atoms with E-state index in [1.54, 1.807) is 7.05 Å². The second-order valence-corrected chi connectivity index (χ2v) is 4.88. The molecule has 0 aromatic heterocycles. The number of nitrogens with one attached hydrogen (secondary N) is 1. The summed E-state index contributed by atoms with van der Waals surface area (Å²) < 4.78 is 0. The van der Waals surface area contributed by atoms with Crippen molar-refractivity contribution in [2.75, 3.05) is 26.7 Å². The molecule has 1 saturated heterocycles. The predicted molar refractivity (Wildman–Crippen MR) is 61.5 cm³/mol. The number of nitrogens with zero attached hydrogens (tertiary/aromatic N) is 1. The van der Waals surface area contributed by atoms with Crippen LogP contribution in [-0.2, 0) is 9.59 Å². The Morgan fingerprint density at radius 3 is 2.71 bits per heavy atom. The van der Waals surface area contributed by atoms with E-state index in [1.807, 2.05) is 11.8 Å². The number of carbonyl (C=O) groups is 2. The van der Waals surface area contributed by atoms with Gasteiger partial charge in [-0.1, -0.05) is 0 Å². The monoisotopic (exact) mass is 244 g/mol. The summed E-state index contributed by atoms with van der Waals surface area (Å²) in [7, 11) is 1.61. The van der Waals surface area contributed by atoms with Crippen LogP contribution >= 0.6 is 0 Å². The highest BCUT2D eigenvalue weighted by atomic mass is 16.4. The van der Waals surface area contributed by atoms with Gasteiger partial charge in [0.2, 0.25) is 5.91 Å². The molecule has 1 rings (SSSR count). The molecular weight excluding hydrogens is 224 g/mol. The van der Waals surface area contributed by atoms with E-state index in [2.05, 4.69) is 5.32 Å². The van der Waals surface area contributed by atoms with Crippen molar-refractivity contribution in [3.05, 3.63) is 0 Å². The van der Waals surface area contributed by atoms with Gasteiger partial charge >= 0.3 is 5.97 Å². The molecule has 6 heteroatoms. The van der Waals surface area contributed by atoms with Crippen LogP contribution in [-0.4, -0.2) is 59.8 Å². The minimum absolute atomic E-state index is 0.00674. The van der Waals surface area contributed by atoms with Crippen LogP contribution < -0.4 is 5.32 Å². The van der Waals surface area contributed by atoms with Gasteiger partial charge in [-0.05, 0) is 19.9 Å². The number of carbonyl (C=O) groups excluding carboxylic acids is 1. The topological polar surface area (TPSA) is 89.9 Å². The molecule has 17 heavy (non-hydrogen) atoms. The zero-order chi connectivity index (χ0) is 13.1. The number of likely N-dealkylation sites (tertiary alicyclic amines) is 1. The molecule has 1 heterocycles. The molecule has 3 N–H and O–H groups in total. The van der Waals surface area contributed by atoms with E-state index in [4.69, 9.17) is 5.11 Å². The number of carboxylic acid groups (broad SMARTS) is 1. The maximum atomic E-state index is 11.7. The fourth-order valence-electron chi connectivity index (χ4n) is 2.26. The third kappa shape index (κ3) is 3.67. The molecule has 6 nitrogen and oxygen atoms in total. The number of aliphatic carboxylic acids is 1. The van der Waals surface area contributed by atoms with Gasteiger partial charge in [0.15, 0.2) is 0 Å². The van der Waals surface area contributed by atoms with Crippen molar-refractivity contribution in [1.82, 2.24) is 10.2 Å². The lowest BCUT2D eigenvalue weighted by atomic mass is 9.89. The van der Waals surface area contributed by atoms with E-state index in [9.17, 15) is 14.7 Å². The highest BCUT2D eigenvalue weighted by Crippen LogP contribution is 2.30. The number of amides is 1. The zero-order valence-corrected chi connectivity index (χ0v) is 10.3. The van der Waals surface area contributed by atoms with Crippen molar-refractivity contribution < 1.29 is 19.8 Å². The Balaban J connectivity index is 2.45. The first-order valence-corrected chi connectivity index (χ1v) is 5.72. The summed E-state index contributed by atoms with van der Waals surface area (Å²) >= 11 is 0. The molecule has 0 aliphatic carbocycles. The van der Waals surface area contributed by atoms with Gasteiger partial charge < -0.3 is 15.5 Å². The average molecular weight is 244 g/mol. The van der Waals surface area contributed by atoms with Crippen LogP contribution in [0.2, 0.25) is 0 Å². The summed E-state index contributed by atoms with van der Waals surface area (Å²) in [6.07, 6.45) is -0.404. The van der Waals surface area contributed by atoms with Gasteiger partial charge in [0, 0.05) is 20.1 Å². The lowest BCUT2D eigenvalue weighted by molar-refractivity contribution is -0.139. The fraction of sp³-hybridized carbons (Fsp3) is 0.818. The van der Waals surface area contributed by atoms with Crippen LogP contribution in [0.3, 0.4) is 0 Å². The SMILES string of the molecule is CNC(=O)C1(C)CCN(CC(O)CC(=O)O)C1. The van der Waals surface area contributed by atoms with Crippen molar-refractivity contribution in [3.8, 4) is 0 Å². The Morgan fingerprint density at radius 2 is 2.18 bits per heavy atom. The van der Waals surface area contributed by atoms with E-state index in [-0.39, 0.29) is 12.3 Å². The molecule has 1 aliphatic heterocycles. The van der Waals surface area contributed by atoms with E-state index in [1.165, 1.54) is 0 Å². The molecule has 2 atom stereocenters. The normalized spacial score (nSPS) is 26.8. The second-order valence-electron chi connectivity index (χ2n) is 4.88. The van der Waals surface area contributed by atoms with Crippen LogP contribution in [0.15, 0.2) is 0 Å². The maximum absolute atomic E-state index is 11.7. The summed E-state index contributed by atoms with van der Waals surface area (Å²) in [6.45, 7) is 3.46. The van der Waals surface area contributed by atoms with Gasteiger partial charge in [-0.3, -0.25) is 14.5 Å². The standard InChI is InChI=1S/C11H20N2O4/c1-11(10(17)12-2)3-4-13(7-11)6-8(14)5-9(15)16/h8,14H,3-7H2,1-2H3,(H,12,17)(H,15,16). The molecule has 1 amide bonds. The number of carboxylic acids is 1. The minimum atomic E-state index is -1.01. The first kappa shape index (κ1) is 13.9. The number of hydrogen-bond acceptors (Lipinski definition) is 4. The number of aliphatic hydroxyl groups is 1. The third-order valence-electron chi connectivity index (χ3n) is 3.21. The summed E-state index contributed by atoms with van der Waals surface area (Å²) in [4.78, 5) is 24.0. The smallest absolute Gasteiger partial charge is 0.306 e. The Labute approximate surface area is 101 Å². The van der Waals surface area contributed by atoms with Gasteiger partial charge in [-0.25, -0.2) is 0 Å². The van der Waals surface area contributed by atoms with Crippen LogP contribution in [0.25, 0.3) is 0 Å². The molecular formula is C11H20N2O4. The highest BCUT2D eigenvalue weighted by Gasteiger charge is 2.40. The summed E-state index contributed by atoms with van der Waals surface area (Å²) in [5.41, 5.74) is -0.433. The van der Waals surface area contributed by atoms with Crippen molar-refractivity contribution in [2.24, 2.45) is 5.41 Å². The van der Waals surface area contributed by atoms with Crippen molar-refractivity contribution in [3.63, 3.8) is 0 Å². The fourth-order valence-corrected chi connectivity index (χ4v) is 2.26. The summed E-state index contributed by atoms with van der Waals surface area (Å²) in [6, 6.07) is 0. The van der Waals surface area contributed by atoms with E-state index in [0.717, 1.165) is 6.42 Å². The van der Waals surface area contributed by atoms with Crippen molar-refractivity contribution in [1.29, 1.82) is 0 Å². The van der Waals surface area contributed by atoms with Gasteiger partial charge in [0.05, 0.1) is 17.9 Å². The first-order chi connectivity index (χ1) is 7.87. The lowest BCUT2D eigenvalue weighted by Gasteiger charge is -2.23. The number of β-amino-alcohol motifs (C(OH)–C–C–N with tert-alkyl or cyclic N) is 1. The summed E-state index contributed by atoms with van der Waals surface area (Å²) in [5, 5.41) is 20.7. The van der Waals surface area contributed by atoms with Crippen molar-refractivity contribution in [2.45, 2.75) is 25.9 Å². The van der Waals surface area contributed by atoms with Gasteiger partial charge in [-0.15, -0.1) is 0 Å². The van der Waals surface area contributed by atoms with Crippen LogP contribution in [0.4, 0.5) is 0 Å². The Kier molecular flexibility index (Phi) is 4.47. The number of rotatable bonds is 5. The molecule has 0 aromatic carbocycles. The quantitative estimate of drug-likeness (QED) is 0.594. The van der Waals surface area contributed by atoms with Crippen LogP contribution in [0.1, 0.15) is 19.8 Å². The summed E-state index contributed by atoms with van der Waals surface area (Å²) in [5.74, 6) is -1.02. The highest BCUT2D eigenvalue weighted by molar-refractivity contribution is 5.82. The third-order valence-corrected chi connectivity index (χ3v) is 3.21. The van der Waals surface area contributed by atoms with Crippen molar-refractivity contribution >= 4 is 11.9 Å². The molecule has 0 radical (unpaired) electrons. The Bertz CT molecular complexity index is 308. The van der Waals surface area contributed by atoms with Crippen LogP contribution in [0.5, 0.6) is 0 Å². The predicted octanol–water partition coefficient (Wildman–Crippen LogP) is -0.720.